The van der Waals surface area contributed by atoms with Crippen LogP contribution in [0.5, 0.6) is 0 Å². The third-order valence-corrected chi connectivity index (χ3v) is 5.21. The normalized spacial score (nSPS) is 12.3. The fourth-order valence-electron chi connectivity index (χ4n) is 1.62. The highest BCUT2D eigenvalue weighted by atomic mass is 79.9. The standard InChI is InChI=1S/C13H11Br2NOS/c14-10-5-9(6-11(16)7-10)8-18(17)13-4-2-1-3-12(13)15/h1-7H,8,16H2. The van der Waals surface area contributed by atoms with E-state index in [4.69, 9.17) is 5.73 Å². The van der Waals surface area contributed by atoms with Crippen molar-refractivity contribution in [1.29, 1.82) is 0 Å². The van der Waals surface area contributed by atoms with Crippen LogP contribution in [0.3, 0.4) is 0 Å². The first-order chi connectivity index (χ1) is 8.56. The van der Waals surface area contributed by atoms with Crippen molar-refractivity contribution < 1.29 is 4.21 Å². The molecule has 0 radical (unpaired) electrons. The molecule has 0 heterocycles. The lowest BCUT2D eigenvalue weighted by molar-refractivity contribution is 0.682. The van der Waals surface area contributed by atoms with Crippen LogP contribution in [0.4, 0.5) is 5.69 Å². The van der Waals surface area contributed by atoms with Gasteiger partial charge in [-0.15, -0.1) is 0 Å². The van der Waals surface area contributed by atoms with Crippen LogP contribution < -0.4 is 5.73 Å². The first-order valence-corrected chi connectivity index (χ1v) is 8.14. The summed E-state index contributed by atoms with van der Waals surface area (Å²) in [6.45, 7) is 0. The van der Waals surface area contributed by atoms with Gasteiger partial charge in [-0.3, -0.25) is 4.21 Å². The van der Waals surface area contributed by atoms with Crippen LogP contribution in [0.15, 0.2) is 56.3 Å². The van der Waals surface area contributed by atoms with Crippen molar-refractivity contribution in [1.82, 2.24) is 0 Å². The molecule has 2 rings (SSSR count). The van der Waals surface area contributed by atoms with Gasteiger partial charge in [0.15, 0.2) is 0 Å². The molecule has 0 spiro atoms. The first kappa shape index (κ1) is 13.8. The van der Waals surface area contributed by atoms with Crippen LogP contribution in [0.2, 0.25) is 0 Å². The van der Waals surface area contributed by atoms with Gasteiger partial charge in [-0.25, -0.2) is 0 Å². The number of nitrogens with two attached hydrogens (primary N) is 1. The summed E-state index contributed by atoms with van der Waals surface area (Å²) in [5, 5.41) is 0. The van der Waals surface area contributed by atoms with Gasteiger partial charge in [0.05, 0.1) is 21.4 Å². The van der Waals surface area contributed by atoms with Crippen molar-refractivity contribution in [3.8, 4) is 0 Å². The molecule has 1 unspecified atom stereocenters. The Labute approximate surface area is 125 Å². The van der Waals surface area contributed by atoms with E-state index in [0.717, 1.165) is 19.4 Å². The molecule has 0 fully saturated rings. The lowest BCUT2D eigenvalue weighted by Gasteiger charge is -2.06. The minimum atomic E-state index is -1.09. The molecule has 0 saturated heterocycles. The summed E-state index contributed by atoms with van der Waals surface area (Å²) in [6.07, 6.45) is 0. The van der Waals surface area contributed by atoms with Crippen molar-refractivity contribution in [3.05, 3.63) is 57.0 Å². The minimum Gasteiger partial charge on any atom is -0.399 e. The number of hydrogen-bond donors (Lipinski definition) is 1. The van der Waals surface area contributed by atoms with Crippen molar-refractivity contribution in [2.24, 2.45) is 0 Å². The number of rotatable bonds is 3. The molecule has 0 aliphatic rings. The van der Waals surface area contributed by atoms with Crippen molar-refractivity contribution in [2.75, 3.05) is 5.73 Å². The molecule has 0 aliphatic carbocycles. The average Bonchev–Trinajstić information content (AvgIpc) is 2.27. The molecule has 0 aromatic heterocycles. The maximum atomic E-state index is 12.3. The van der Waals surface area contributed by atoms with Gasteiger partial charge in [-0.1, -0.05) is 28.1 Å². The second-order valence-corrected chi connectivity index (χ2v) is 7.00. The molecular formula is C13H11Br2NOS. The molecular weight excluding hydrogens is 378 g/mol. The van der Waals surface area contributed by atoms with Gasteiger partial charge in [0.25, 0.3) is 0 Å². The zero-order chi connectivity index (χ0) is 13.1. The summed E-state index contributed by atoms with van der Waals surface area (Å²) >= 11 is 6.80. The molecule has 0 amide bonds. The molecule has 5 heteroatoms. The van der Waals surface area contributed by atoms with Gasteiger partial charge in [0, 0.05) is 14.6 Å². The summed E-state index contributed by atoms with van der Waals surface area (Å²) in [5.74, 6) is 0.451. The largest absolute Gasteiger partial charge is 0.399 e. The molecule has 94 valence electrons. The van der Waals surface area contributed by atoms with Crippen LogP contribution in [-0.4, -0.2) is 4.21 Å². The fourth-order valence-corrected chi connectivity index (χ4v) is 4.14. The Morgan fingerprint density at radius 3 is 2.50 bits per heavy atom. The molecule has 18 heavy (non-hydrogen) atoms. The van der Waals surface area contributed by atoms with Crippen LogP contribution in [-0.2, 0) is 16.6 Å². The first-order valence-electron chi connectivity index (χ1n) is 5.24. The second-order valence-electron chi connectivity index (χ2n) is 3.81. The topological polar surface area (TPSA) is 43.1 Å². The van der Waals surface area contributed by atoms with E-state index in [2.05, 4.69) is 31.9 Å². The smallest absolute Gasteiger partial charge is 0.0585 e. The van der Waals surface area contributed by atoms with Crippen LogP contribution in [0.1, 0.15) is 5.56 Å². The number of anilines is 1. The molecule has 0 saturated carbocycles. The summed E-state index contributed by atoms with van der Waals surface area (Å²) in [7, 11) is -1.09. The Kier molecular flexibility index (Phi) is 4.59. The highest BCUT2D eigenvalue weighted by Gasteiger charge is 2.09. The maximum absolute atomic E-state index is 12.3. The number of hydrogen-bond acceptors (Lipinski definition) is 2. The van der Waals surface area contributed by atoms with Crippen LogP contribution in [0, 0.1) is 0 Å². The Balaban J connectivity index is 2.24. The van der Waals surface area contributed by atoms with Crippen molar-refractivity contribution in [2.45, 2.75) is 10.6 Å². The SMILES string of the molecule is Nc1cc(Br)cc(CS(=O)c2ccccc2Br)c1. The van der Waals surface area contributed by atoms with E-state index < -0.39 is 10.8 Å². The summed E-state index contributed by atoms with van der Waals surface area (Å²) < 4.78 is 14.1. The third-order valence-electron chi connectivity index (χ3n) is 2.36. The zero-order valence-electron chi connectivity index (χ0n) is 9.40. The van der Waals surface area contributed by atoms with E-state index in [1.54, 1.807) is 0 Å². The minimum absolute atomic E-state index is 0.451. The second kappa shape index (κ2) is 5.99. The van der Waals surface area contributed by atoms with Gasteiger partial charge < -0.3 is 5.73 Å². The Morgan fingerprint density at radius 2 is 1.83 bits per heavy atom. The van der Waals surface area contributed by atoms with Gasteiger partial charge in [0.1, 0.15) is 0 Å². The zero-order valence-corrected chi connectivity index (χ0v) is 13.4. The predicted octanol–water partition coefficient (Wildman–Crippen LogP) is 4.10. The van der Waals surface area contributed by atoms with Crippen molar-refractivity contribution in [3.63, 3.8) is 0 Å². The Hall–Kier alpha value is -0.650. The molecule has 2 N–H and O–H groups in total. The van der Waals surface area contributed by atoms with E-state index in [1.807, 2.05) is 42.5 Å². The average molecular weight is 389 g/mol. The maximum Gasteiger partial charge on any atom is 0.0585 e. The molecule has 0 bridgehead atoms. The van der Waals surface area contributed by atoms with Crippen LogP contribution >= 0.6 is 31.9 Å². The molecule has 0 aliphatic heterocycles. The lowest BCUT2D eigenvalue weighted by atomic mass is 10.2. The van der Waals surface area contributed by atoms with E-state index in [9.17, 15) is 4.21 Å². The van der Waals surface area contributed by atoms with E-state index >= 15 is 0 Å². The Bertz CT molecular complexity index is 581. The van der Waals surface area contributed by atoms with Gasteiger partial charge >= 0.3 is 0 Å². The molecule has 2 aromatic rings. The highest BCUT2D eigenvalue weighted by molar-refractivity contribution is 9.10. The quantitative estimate of drug-likeness (QED) is 0.804. The van der Waals surface area contributed by atoms with Gasteiger partial charge in [0.2, 0.25) is 0 Å². The van der Waals surface area contributed by atoms with E-state index in [-0.39, 0.29) is 0 Å². The van der Waals surface area contributed by atoms with E-state index in [1.165, 1.54) is 0 Å². The molecule has 2 aromatic carbocycles. The monoisotopic (exact) mass is 387 g/mol. The fraction of sp³-hybridized carbons (Fsp3) is 0.0769. The molecule has 1 atom stereocenters. The molecule has 2 nitrogen and oxygen atoms in total. The van der Waals surface area contributed by atoms with Gasteiger partial charge in [-0.2, -0.15) is 0 Å². The van der Waals surface area contributed by atoms with Gasteiger partial charge in [-0.05, 0) is 51.8 Å². The highest BCUT2D eigenvalue weighted by Crippen LogP contribution is 2.24. The Morgan fingerprint density at radius 1 is 1.11 bits per heavy atom. The number of benzene rings is 2. The third kappa shape index (κ3) is 3.43. The number of halogens is 2. The lowest BCUT2D eigenvalue weighted by Crippen LogP contribution is -1.98. The van der Waals surface area contributed by atoms with Crippen LogP contribution in [0.25, 0.3) is 0 Å². The number of nitrogen functional groups attached to an aromatic ring is 1. The van der Waals surface area contributed by atoms with E-state index in [0.29, 0.717) is 11.4 Å². The summed E-state index contributed by atoms with van der Waals surface area (Å²) in [6, 6.07) is 13.1. The predicted molar refractivity (Wildman–Crippen MR) is 82.8 cm³/mol. The van der Waals surface area contributed by atoms with Crippen molar-refractivity contribution >= 4 is 48.3 Å². The summed E-state index contributed by atoms with van der Waals surface area (Å²) in [4.78, 5) is 0.802. The summed E-state index contributed by atoms with van der Waals surface area (Å²) in [5.41, 5.74) is 7.39.